The van der Waals surface area contributed by atoms with Crippen LogP contribution in [0.3, 0.4) is 0 Å². The van der Waals surface area contributed by atoms with Crippen LogP contribution >= 0.6 is 0 Å². The standard InChI is InChI=1S/C6H12O6S2/c1-4-6(14(9,10)12-3)5-13(7,8)11-2/h4,6H,1,5H2,2-3H3. The highest BCUT2D eigenvalue weighted by atomic mass is 32.2. The topological polar surface area (TPSA) is 86.7 Å². The fraction of sp³-hybridized carbons (Fsp3) is 0.667. The predicted octanol–water partition coefficient (Wildman–Crippen LogP) is -0.507. The lowest BCUT2D eigenvalue weighted by atomic mass is 10.5. The highest BCUT2D eigenvalue weighted by Crippen LogP contribution is 2.08. The maximum atomic E-state index is 11.1. The minimum absolute atomic E-state index is 0.705. The minimum atomic E-state index is -3.93. The summed E-state index contributed by atoms with van der Waals surface area (Å²) in [4.78, 5) is 0. The van der Waals surface area contributed by atoms with Crippen molar-refractivity contribution in [3.63, 3.8) is 0 Å². The molecule has 84 valence electrons. The molecule has 8 heteroatoms. The molecule has 6 nitrogen and oxygen atoms in total. The van der Waals surface area contributed by atoms with Gasteiger partial charge in [-0.05, 0) is 0 Å². The van der Waals surface area contributed by atoms with E-state index in [2.05, 4.69) is 14.9 Å². The number of hydrogen-bond donors (Lipinski definition) is 0. The zero-order valence-electron chi connectivity index (χ0n) is 7.83. The van der Waals surface area contributed by atoms with Gasteiger partial charge in [-0.15, -0.1) is 6.58 Å². The molecule has 0 rings (SSSR count). The zero-order chi connectivity index (χ0) is 11.4. The van der Waals surface area contributed by atoms with Crippen LogP contribution in [0.15, 0.2) is 12.7 Å². The molecular formula is C6H12O6S2. The Morgan fingerprint density at radius 1 is 1.21 bits per heavy atom. The molecule has 0 N–H and O–H groups in total. The molecule has 0 aliphatic heterocycles. The summed E-state index contributed by atoms with van der Waals surface area (Å²) in [6, 6.07) is 0. The Bertz CT molecular complexity index is 379. The molecule has 0 radical (unpaired) electrons. The molecule has 0 aromatic carbocycles. The molecule has 0 heterocycles. The molecule has 0 spiro atoms. The highest BCUT2D eigenvalue weighted by molar-refractivity contribution is 7.91. The Hall–Kier alpha value is -0.440. The largest absolute Gasteiger partial charge is 0.274 e. The van der Waals surface area contributed by atoms with Gasteiger partial charge in [-0.2, -0.15) is 16.8 Å². The van der Waals surface area contributed by atoms with E-state index in [1.807, 2.05) is 0 Å². The van der Waals surface area contributed by atoms with Crippen LogP contribution < -0.4 is 0 Å². The average Bonchev–Trinajstić information content (AvgIpc) is 2.14. The second-order valence-corrected chi connectivity index (χ2v) is 6.03. The fourth-order valence-corrected chi connectivity index (χ4v) is 2.99. The van der Waals surface area contributed by atoms with Gasteiger partial charge in [0.2, 0.25) is 0 Å². The maximum Gasteiger partial charge on any atom is 0.274 e. The molecule has 0 amide bonds. The van der Waals surface area contributed by atoms with E-state index in [1.54, 1.807) is 0 Å². The Morgan fingerprint density at radius 3 is 2.00 bits per heavy atom. The molecule has 0 aliphatic rings. The fourth-order valence-electron chi connectivity index (χ4n) is 0.662. The summed E-state index contributed by atoms with van der Waals surface area (Å²) in [5, 5.41) is -1.32. The van der Waals surface area contributed by atoms with E-state index in [0.29, 0.717) is 0 Å². The van der Waals surface area contributed by atoms with Crippen molar-refractivity contribution < 1.29 is 25.2 Å². The first kappa shape index (κ1) is 13.6. The number of hydrogen-bond acceptors (Lipinski definition) is 6. The summed E-state index contributed by atoms with van der Waals surface area (Å²) in [6.45, 7) is 3.21. The summed E-state index contributed by atoms with van der Waals surface area (Å²) in [5.74, 6) is -0.705. The van der Waals surface area contributed by atoms with Crippen LogP contribution in [0.25, 0.3) is 0 Å². The van der Waals surface area contributed by atoms with Gasteiger partial charge >= 0.3 is 0 Å². The van der Waals surface area contributed by atoms with Crippen LogP contribution in [0.4, 0.5) is 0 Å². The van der Waals surface area contributed by atoms with Crippen molar-refractivity contribution in [2.45, 2.75) is 5.25 Å². The third-order valence-electron chi connectivity index (χ3n) is 1.49. The molecule has 0 aliphatic carbocycles. The van der Waals surface area contributed by atoms with Gasteiger partial charge in [-0.1, -0.05) is 6.08 Å². The molecule has 0 aromatic rings. The third kappa shape index (κ3) is 3.74. The molecular weight excluding hydrogens is 232 g/mol. The molecule has 1 unspecified atom stereocenters. The summed E-state index contributed by atoms with van der Waals surface area (Å²) in [6.07, 6.45) is 0.982. The first-order valence-corrected chi connectivity index (χ1v) is 6.54. The van der Waals surface area contributed by atoms with Gasteiger partial charge in [-0.3, -0.25) is 8.37 Å². The van der Waals surface area contributed by atoms with Crippen molar-refractivity contribution in [3.05, 3.63) is 12.7 Å². The van der Waals surface area contributed by atoms with E-state index >= 15 is 0 Å². The lowest BCUT2D eigenvalue weighted by Crippen LogP contribution is -2.29. The van der Waals surface area contributed by atoms with Gasteiger partial charge < -0.3 is 0 Å². The maximum absolute atomic E-state index is 11.1. The van der Waals surface area contributed by atoms with Crippen molar-refractivity contribution in [1.29, 1.82) is 0 Å². The van der Waals surface area contributed by atoms with Gasteiger partial charge in [0.05, 0.1) is 20.0 Å². The average molecular weight is 244 g/mol. The predicted molar refractivity (Wildman–Crippen MR) is 50.7 cm³/mol. The first-order chi connectivity index (χ1) is 6.29. The van der Waals surface area contributed by atoms with Crippen LogP contribution in [0.1, 0.15) is 0 Å². The van der Waals surface area contributed by atoms with Crippen LogP contribution in [-0.4, -0.2) is 42.1 Å². The lowest BCUT2D eigenvalue weighted by molar-refractivity contribution is 0.384. The van der Waals surface area contributed by atoms with Gasteiger partial charge in [0.25, 0.3) is 20.2 Å². The van der Waals surface area contributed by atoms with Crippen LogP contribution in [0.2, 0.25) is 0 Å². The van der Waals surface area contributed by atoms with Crippen molar-refractivity contribution in [1.82, 2.24) is 0 Å². The third-order valence-corrected chi connectivity index (χ3v) is 4.54. The Balaban J connectivity index is 4.89. The van der Waals surface area contributed by atoms with Crippen molar-refractivity contribution >= 4 is 20.2 Å². The minimum Gasteiger partial charge on any atom is -0.273 e. The van der Waals surface area contributed by atoms with Crippen LogP contribution in [0, 0.1) is 0 Å². The van der Waals surface area contributed by atoms with Crippen molar-refractivity contribution in [3.8, 4) is 0 Å². The number of rotatable bonds is 6. The van der Waals surface area contributed by atoms with Gasteiger partial charge in [-0.25, -0.2) is 0 Å². The SMILES string of the molecule is C=CC(CS(=O)(=O)OC)S(=O)(=O)OC. The molecule has 14 heavy (non-hydrogen) atoms. The van der Waals surface area contributed by atoms with Crippen LogP contribution in [0.5, 0.6) is 0 Å². The zero-order valence-corrected chi connectivity index (χ0v) is 9.47. The normalized spacial score (nSPS) is 15.0. The van der Waals surface area contributed by atoms with Gasteiger partial charge in [0.1, 0.15) is 5.25 Å². The Morgan fingerprint density at radius 2 is 1.71 bits per heavy atom. The van der Waals surface area contributed by atoms with Crippen molar-refractivity contribution in [2.24, 2.45) is 0 Å². The molecule has 0 aromatic heterocycles. The van der Waals surface area contributed by atoms with Gasteiger partial charge in [0, 0.05) is 0 Å². The molecule has 0 saturated carbocycles. The van der Waals surface area contributed by atoms with E-state index in [1.165, 1.54) is 0 Å². The van der Waals surface area contributed by atoms with Crippen LogP contribution in [-0.2, 0) is 28.6 Å². The molecule has 0 bridgehead atoms. The van der Waals surface area contributed by atoms with E-state index in [-0.39, 0.29) is 0 Å². The van der Waals surface area contributed by atoms with E-state index in [4.69, 9.17) is 0 Å². The summed E-state index contributed by atoms with van der Waals surface area (Å²) >= 11 is 0. The Kier molecular flexibility index (Phi) is 4.72. The summed E-state index contributed by atoms with van der Waals surface area (Å²) in [7, 11) is -5.88. The van der Waals surface area contributed by atoms with E-state index < -0.39 is 31.2 Å². The van der Waals surface area contributed by atoms with E-state index in [9.17, 15) is 16.8 Å². The first-order valence-electron chi connectivity index (χ1n) is 3.49. The van der Waals surface area contributed by atoms with E-state index in [0.717, 1.165) is 20.3 Å². The smallest absolute Gasteiger partial charge is 0.273 e. The Labute approximate surface area is 83.8 Å². The van der Waals surface area contributed by atoms with Gasteiger partial charge in [0.15, 0.2) is 0 Å². The molecule has 0 fully saturated rings. The molecule has 0 saturated heterocycles. The quantitative estimate of drug-likeness (QED) is 0.462. The van der Waals surface area contributed by atoms with Crippen molar-refractivity contribution in [2.75, 3.05) is 20.0 Å². The second-order valence-electron chi connectivity index (χ2n) is 2.32. The second kappa shape index (κ2) is 4.87. The summed E-state index contributed by atoms with van der Waals surface area (Å²) in [5.41, 5.74) is 0. The monoisotopic (exact) mass is 244 g/mol. The highest BCUT2D eigenvalue weighted by Gasteiger charge is 2.28. The lowest BCUT2D eigenvalue weighted by Gasteiger charge is -2.10. The molecule has 1 atom stereocenters. The summed E-state index contributed by atoms with van der Waals surface area (Å²) < 4.78 is 52.4.